The SMILES string of the molecule is CN(C(=O)O)[C@]1(c2ccccc2Cl)CCCCC1=O. The molecule has 1 aliphatic carbocycles. The lowest BCUT2D eigenvalue weighted by Crippen LogP contribution is -2.53. The van der Waals surface area contributed by atoms with Crippen LogP contribution in [0, 0.1) is 0 Å². The van der Waals surface area contributed by atoms with Crippen LogP contribution in [-0.2, 0) is 10.3 Å². The third kappa shape index (κ3) is 2.21. The molecule has 1 saturated carbocycles. The summed E-state index contributed by atoms with van der Waals surface area (Å²) < 4.78 is 0. The first-order valence-electron chi connectivity index (χ1n) is 6.25. The number of carbonyl (C=O) groups is 2. The largest absolute Gasteiger partial charge is 0.465 e. The third-order valence-corrected chi connectivity index (χ3v) is 4.16. The number of carboxylic acid groups (broad SMARTS) is 1. The van der Waals surface area contributed by atoms with Crippen molar-refractivity contribution in [3.63, 3.8) is 0 Å². The molecule has 0 aromatic heterocycles. The molecule has 1 aromatic carbocycles. The summed E-state index contributed by atoms with van der Waals surface area (Å²) in [5.74, 6) is -0.0725. The smallest absolute Gasteiger partial charge is 0.408 e. The minimum absolute atomic E-state index is 0.0725. The average Bonchev–Trinajstić information content (AvgIpc) is 2.39. The second kappa shape index (κ2) is 5.21. The lowest BCUT2D eigenvalue weighted by molar-refractivity contribution is -0.133. The highest BCUT2D eigenvalue weighted by molar-refractivity contribution is 6.31. The van der Waals surface area contributed by atoms with Crippen molar-refractivity contribution in [1.82, 2.24) is 4.90 Å². The van der Waals surface area contributed by atoms with Crippen molar-refractivity contribution in [3.8, 4) is 0 Å². The van der Waals surface area contributed by atoms with Crippen LogP contribution in [0.5, 0.6) is 0 Å². The van der Waals surface area contributed by atoms with Gasteiger partial charge in [-0.15, -0.1) is 0 Å². The predicted octanol–water partition coefficient (Wildman–Crippen LogP) is 3.29. The fourth-order valence-corrected chi connectivity index (χ4v) is 3.08. The molecule has 19 heavy (non-hydrogen) atoms. The van der Waals surface area contributed by atoms with E-state index in [0.717, 1.165) is 17.7 Å². The molecule has 1 fully saturated rings. The van der Waals surface area contributed by atoms with Gasteiger partial charge in [-0.3, -0.25) is 9.69 Å². The number of Topliss-reactive ketones (excluding diaryl/α,β-unsaturated/α-hetero) is 1. The first-order valence-corrected chi connectivity index (χ1v) is 6.63. The number of hydrogen-bond acceptors (Lipinski definition) is 2. The summed E-state index contributed by atoms with van der Waals surface area (Å²) in [4.78, 5) is 24.9. The summed E-state index contributed by atoms with van der Waals surface area (Å²) in [5, 5.41) is 9.74. The van der Waals surface area contributed by atoms with Crippen molar-refractivity contribution >= 4 is 23.5 Å². The molecular weight excluding hydrogens is 266 g/mol. The fourth-order valence-electron chi connectivity index (χ4n) is 2.79. The maximum Gasteiger partial charge on any atom is 0.408 e. The number of rotatable bonds is 2. The molecule has 1 atom stereocenters. The Morgan fingerprint density at radius 1 is 1.37 bits per heavy atom. The molecule has 0 unspecified atom stereocenters. The van der Waals surface area contributed by atoms with Crippen LogP contribution < -0.4 is 0 Å². The summed E-state index contributed by atoms with van der Waals surface area (Å²) >= 11 is 6.19. The Morgan fingerprint density at radius 3 is 2.63 bits per heavy atom. The molecule has 0 heterocycles. The van der Waals surface area contributed by atoms with Crippen LogP contribution >= 0.6 is 11.6 Å². The van der Waals surface area contributed by atoms with E-state index in [1.807, 2.05) is 0 Å². The number of ketones is 1. The van der Waals surface area contributed by atoms with Crippen molar-refractivity contribution in [1.29, 1.82) is 0 Å². The minimum atomic E-state index is -1.14. The highest BCUT2D eigenvalue weighted by Gasteiger charge is 2.48. The zero-order valence-electron chi connectivity index (χ0n) is 10.7. The van der Waals surface area contributed by atoms with Gasteiger partial charge >= 0.3 is 6.09 Å². The molecule has 1 amide bonds. The molecule has 0 saturated heterocycles. The number of carbonyl (C=O) groups excluding carboxylic acids is 1. The van der Waals surface area contributed by atoms with Crippen LogP contribution in [-0.4, -0.2) is 28.9 Å². The van der Waals surface area contributed by atoms with Gasteiger partial charge in [0.25, 0.3) is 0 Å². The average molecular weight is 282 g/mol. The van der Waals surface area contributed by atoms with Crippen molar-refractivity contribution in [2.45, 2.75) is 31.2 Å². The molecule has 0 radical (unpaired) electrons. The van der Waals surface area contributed by atoms with Crippen molar-refractivity contribution in [2.75, 3.05) is 7.05 Å². The third-order valence-electron chi connectivity index (χ3n) is 3.83. The van der Waals surface area contributed by atoms with Gasteiger partial charge in [-0.25, -0.2) is 4.79 Å². The zero-order valence-corrected chi connectivity index (χ0v) is 11.5. The van der Waals surface area contributed by atoms with Crippen LogP contribution in [0.15, 0.2) is 24.3 Å². The van der Waals surface area contributed by atoms with Gasteiger partial charge in [-0.2, -0.15) is 0 Å². The van der Waals surface area contributed by atoms with Crippen molar-refractivity contribution in [3.05, 3.63) is 34.9 Å². The Morgan fingerprint density at radius 2 is 2.05 bits per heavy atom. The zero-order chi connectivity index (χ0) is 14.0. The Balaban J connectivity index is 2.60. The van der Waals surface area contributed by atoms with Crippen LogP contribution in [0.4, 0.5) is 4.79 Å². The number of hydrogen-bond donors (Lipinski definition) is 1. The van der Waals surface area contributed by atoms with E-state index in [0.29, 0.717) is 23.4 Å². The normalized spacial score (nSPS) is 23.2. The summed E-state index contributed by atoms with van der Waals surface area (Å²) in [6, 6.07) is 6.98. The molecule has 4 nitrogen and oxygen atoms in total. The molecule has 0 aliphatic heterocycles. The Hall–Kier alpha value is -1.55. The standard InChI is InChI=1S/C14H16ClNO3/c1-16(13(18)19)14(9-5-4-8-12(14)17)10-6-2-3-7-11(10)15/h2-3,6-7H,4-5,8-9H2,1H3,(H,18,19)/t14-/m0/s1. The topological polar surface area (TPSA) is 57.6 Å². The lowest BCUT2D eigenvalue weighted by atomic mass is 9.74. The van der Waals surface area contributed by atoms with Crippen molar-refractivity contribution in [2.24, 2.45) is 0 Å². The van der Waals surface area contributed by atoms with E-state index in [-0.39, 0.29) is 5.78 Å². The van der Waals surface area contributed by atoms with Crippen LogP contribution in [0.3, 0.4) is 0 Å². The van der Waals surface area contributed by atoms with E-state index in [9.17, 15) is 14.7 Å². The molecule has 1 aliphatic rings. The molecule has 1 N–H and O–H groups in total. The molecule has 1 aromatic rings. The molecular formula is C14H16ClNO3. The quantitative estimate of drug-likeness (QED) is 0.905. The lowest BCUT2D eigenvalue weighted by Gasteiger charge is -2.42. The molecule has 0 spiro atoms. The van der Waals surface area contributed by atoms with E-state index < -0.39 is 11.6 Å². The number of likely N-dealkylation sites (N-methyl/N-ethyl adjacent to an activating group) is 1. The van der Waals surface area contributed by atoms with Gasteiger partial charge < -0.3 is 5.11 Å². The number of benzene rings is 1. The van der Waals surface area contributed by atoms with Gasteiger partial charge in [0.05, 0.1) is 0 Å². The van der Waals surface area contributed by atoms with Gasteiger partial charge in [0, 0.05) is 24.1 Å². The Labute approximate surface area is 117 Å². The van der Waals surface area contributed by atoms with Gasteiger partial charge in [0.2, 0.25) is 0 Å². The Bertz CT molecular complexity index is 517. The number of amides is 1. The maximum atomic E-state index is 12.5. The summed E-state index contributed by atoms with van der Waals surface area (Å²) in [7, 11) is 1.44. The van der Waals surface area contributed by atoms with E-state index in [2.05, 4.69) is 0 Å². The number of nitrogens with zero attached hydrogens (tertiary/aromatic N) is 1. The van der Waals surface area contributed by atoms with Gasteiger partial charge in [-0.05, 0) is 25.3 Å². The van der Waals surface area contributed by atoms with E-state index in [4.69, 9.17) is 11.6 Å². The number of halogens is 1. The highest BCUT2D eigenvalue weighted by atomic mass is 35.5. The molecule has 0 bridgehead atoms. The van der Waals surface area contributed by atoms with E-state index >= 15 is 0 Å². The predicted molar refractivity (Wildman–Crippen MR) is 72.4 cm³/mol. The summed E-state index contributed by atoms with van der Waals surface area (Å²) in [6.07, 6.45) is 1.38. The first-order chi connectivity index (χ1) is 9.00. The second-order valence-corrected chi connectivity index (χ2v) is 5.22. The molecule has 102 valence electrons. The van der Waals surface area contributed by atoms with Gasteiger partial charge in [-0.1, -0.05) is 29.8 Å². The summed E-state index contributed by atoms with van der Waals surface area (Å²) in [6.45, 7) is 0. The van der Waals surface area contributed by atoms with Crippen LogP contribution in [0.1, 0.15) is 31.2 Å². The summed E-state index contributed by atoms with van der Waals surface area (Å²) in [5.41, 5.74) is -0.547. The van der Waals surface area contributed by atoms with Crippen molar-refractivity contribution < 1.29 is 14.7 Å². The molecule has 2 rings (SSSR count). The maximum absolute atomic E-state index is 12.5. The molecule has 5 heteroatoms. The van der Waals surface area contributed by atoms with Crippen LogP contribution in [0.2, 0.25) is 5.02 Å². The van der Waals surface area contributed by atoms with E-state index in [1.54, 1.807) is 24.3 Å². The van der Waals surface area contributed by atoms with Crippen LogP contribution in [0.25, 0.3) is 0 Å². The monoisotopic (exact) mass is 281 g/mol. The fraction of sp³-hybridized carbons (Fsp3) is 0.429. The second-order valence-electron chi connectivity index (χ2n) is 4.81. The first kappa shape index (κ1) is 13.9. The minimum Gasteiger partial charge on any atom is -0.465 e. The Kier molecular flexibility index (Phi) is 3.80. The van der Waals surface area contributed by atoms with E-state index in [1.165, 1.54) is 7.05 Å². The van der Waals surface area contributed by atoms with Gasteiger partial charge in [0.15, 0.2) is 5.78 Å². The van der Waals surface area contributed by atoms with Gasteiger partial charge in [0.1, 0.15) is 5.54 Å². The highest BCUT2D eigenvalue weighted by Crippen LogP contribution is 2.42.